The summed E-state index contributed by atoms with van der Waals surface area (Å²) in [5.74, 6) is 1.62. The van der Waals surface area contributed by atoms with Crippen LogP contribution in [0.2, 0.25) is 0 Å². The summed E-state index contributed by atoms with van der Waals surface area (Å²) < 4.78 is 5.05. The molecule has 1 heteroatoms. The minimum absolute atomic E-state index is 0.725. The summed E-state index contributed by atoms with van der Waals surface area (Å²) in [5.41, 5.74) is 0. The van der Waals surface area contributed by atoms with Gasteiger partial charge in [-0.25, -0.2) is 0 Å². The molecule has 1 aromatic heterocycles. The van der Waals surface area contributed by atoms with Crippen molar-refractivity contribution in [1.29, 1.82) is 0 Å². The van der Waals surface area contributed by atoms with Gasteiger partial charge >= 0.3 is 0 Å². The van der Waals surface area contributed by atoms with E-state index in [1.54, 1.807) is 0 Å². The Morgan fingerprint density at radius 1 is 1.62 bits per heavy atom. The predicted octanol–water partition coefficient (Wildman–Crippen LogP) is 2.03. The van der Waals surface area contributed by atoms with Gasteiger partial charge in [0.05, 0.1) is 0 Å². The molecule has 0 aliphatic carbocycles. The first kappa shape index (κ1) is 5.16. The second kappa shape index (κ2) is 1.86. The third-order valence-corrected chi connectivity index (χ3v) is 0.925. The fourth-order valence-corrected chi connectivity index (χ4v) is 0.543. The van der Waals surface area contributed by atoms with Crippen LogP contribution in [0.4, 0.5) is 0 Å². The lowest BCUT2D eigenvalue weighted by Crippen LogP contribution is -1.55. The zero-order valence-corrected chi connectivity index (χ0v) is 4.72. The fourth-order valence-electron chi connectivity index (χ4n) is 0.543. The third kappa shape index (κ3) is 0.808. The summed E-state index contributed by atoms with van der Waals surface area (Å²) in [6, 6.07) is 3.70. The smallest absolute Gasteiger partial charge is 0.127 e. The molecule has 0 saturated heterocycles. The Hall–Kier alpha value is -0.980. The SMILES string of the molecule is [CH]=Cc1ccc(C)o1. The zero-order valence-electron chi connectivity index (χ0n) is 4.72. The summed E-state index contributed by atoms with van der Waals surface area (Å²) in [5, 5.41) is 0. The van der Waals surface area contributed by atoms with Crippen LogP contribution in [0.5, 0.6) is 0 Å². The minimum atomic E-state index is 0.725. The molecule has 1 radical (unpaired) electrons. The number of hydrogen-bond donors (Lipinski definition) is 0. The number of hydrogen-bond acceptors (Lipinski definition) is 1. The van der Waals surface area contributed by atoms with Gasteiger partial charge in [-0.1, -0.05) is 6.58 Å². The van der Waals surface area contributed by atoms with E-state index in [4.69, 9.17) is 11.0 Å². The van der Waals surface area contributed by atoms with Crippen molar-refractivity contribution in [2.24, 2.45) is 0 Å². The zero-order chi connectivity index (χ0) is 5.98. The highest BCUT2D eigenvalue weighted by Gasteiger charge is 1.88. The monoisotopic (exact) mass is 107 g/mol. The molecule has 1 rings (SSSR count). The lowest BCUT2D eigenvalue weighted by molar-refractivity contribution is 0.525. The minimum Gasteiger partial charge on any atom is -0.462 e. The van der Waals surface area contributed by atoms with Crippen molar-refractivity contribution in [3.63, 3.8) is 0 Å². The van der Waals surface area contributed by atoms with Gasteiger partial charge in [0, 0.05) is 0 Å². The molecule has 0 atom stereocenters. The van der Waals surface area contributed by atoms with Gasteiger partial charge in [0.1, 0.15) is 11.5 Å². The van der Waals surface area contributed by atoms with Gasteiger partial charge in [-0.3, -0.25) is 0 Å². The van der Waals surface area contributed by atoms with E-state index in [1.165, 1.54) is 6.08 Å². The van der Waals surface area contributed by atoms with E-state index >= 15 is 0 Å². The average molecular weight is 107 g/mol. The standard InChI is InChI=1S/C7H7O/c1-3-7-5-4-6(2)8-7/h1,3-5H,2H3. The van der Waals surface area contributed by atoms with Crippen molar-refractivity contribution in [1.82, 2.24) is 0 Å². The molecule has 0 N–H and O–H groups in total. The van der Waals surface area contributed by atoms with Gasteiger partial charge in [0.15, 0.2) is 0 Å². The van der Waals surface area contributed by atoms with E-state index in [-0.39, 0.29) is 0 Å². The Labute approximate surface area is 48.6 Å². The van der Waals surface area contributed by atoms with Gasteiger partial charge in [-0.15, -0.1) is 0 Å². The van der Waals surface area contributed by atoms with Crippen LogP contribution in [-0.2, 0) is 0 Å². The van der Waals surface area contributed by atoms with Crippen LogP contribution in [0.15, 0.2) is 16.5 Å². The molecule has 0 aromatic carbocycles. The highest BCUT2D eigenvalue weighted by molar-refractivity contribution is 5.37. The Bertz CT molecular complexity index is 186. The number of rotatable bonds is 1. The van der Waals surface area contributed by atoms with Crippen LogP contribution < -0.4 is 0 Å². The summed E-state index contributed by atoms with van der Waals surface area (Å²) in [6.45, 7) is 7.03. The molecule has 0 bridgehead atoms. The van der Waals surface area contributed by atoms with E-state index in [0.29, 0.717) is 0 Å². The average Bonchev–Trinajstić information content (AvgIpc) is 2.14. The molecule has 0 unspecified atom stereocenters. The number of aryl methyl sites for hydroxylation is 1. The van der Waals surface area contributed by atoms with Gasteiger partial charge in [0.25, 0.3) is 0 Å². The van der Waals surface area contributed by atoms with Crippen molar-refractivity contribution >= 4 is 6.08 Å². The summed E-state index contributed by atoms with van der Waals surface area (Å²) in [4.78, 5) is 0. The summed E-state index contributed by atoms with van der Waals surface area (Å²) >= 11 is 0. The maximum absolute atomic E-state index is 5.14. The normalized spacial score (nSPS) is 9.12. The maximum Gasteiger partial charge on any atom is 0.127 e. The topological polar surface area (TPSA) is 13.1 Å². The first-order valence-corrected chi connectivity index (χ1v) is 2.44. The van der Waals surface area contributed by atoms with Crippen molar-refractivity contribution in [2.75, 3.05) is 0 Å². The molecule has 0 spiro atoms. The predicted molar refractivity (Wildman–Crippen MR) is 32.2 cm³/mol. The molecule has 0 aliphatic heterocycles. The van der Waals surface area contributed by atoms with Gasteiger partial charge < -0.3 is 4.42 Å². The first-order valence-electron chi connectivity index (χ1n) is 2.44. The van der Waals surface area contributed by atoms with Crippen LogP contribution >= 0.6 is 0 Å². The molecule has 1 heterocycles. The van der Waals surface area contributed by atoms with E-state index in [2.05, 4.69) is 0 Å². The first-order chi connectivity index (χ1) is 3.83. The van der Waals surface area contributed by atoms with Crippen LogP contribution in [0.1, 0.15) is 11.5 Å². The molecule has 0 fully saturated rings. The van der Waals surface area contributed by atoms with Crippen molar-refractivity contribution < 1.29 is 4.42 Å². The van der Waals surface area contributed by atoms with Crippen LogP contribution in [-0.4, -0.2) is 0 Å². The van der Waals surface area contributed by atoms with Crippen molar-refractivity contribution in [3.8, 4) is 0 Å². The Morgan fingerprint density at radius 2 is 2.38 bits per heavy atom. The van der Waals surface area contributed by atoms with Crippen molar-refractivity contribution in [2.45, 2.75) is 6.92 Å². The molecular weight excluding hydrogens is 100 g/mol. The maximum atomic E-state index is 5.14. The lowest BCUT2D eigenvalue weighted by atomic mass is 10.4. The molecular formula is C7H7O. The highest BCUT2D eigenvalue weighted by Crippen LogP contribution is 2.05. The highest BCUT2D eigenvalue weighted by atomic mass is 16.3. The third-order valence-electron chi connectivity index (χ3n) is 0.925. The Kier molecular flexibility index (Phi) is 1.20. The van der Waals surface area contributed by atoms with Crippen molar-refractivity contribution in [3.05, 3.63) is 30.2 Å². The largest absolute Gasteiger partial charge is 0.462 e. The van der Waals surface area contributed by atoms with E-state index in [1.807, 2.05) is 19.1 Å². The molecule has 0 amide bonds. The lowest BCUT2D eigenvalue weighted by Gasteiger charge is -1.78. The van der Waals surface area contributed by atoms with E-state index in [0.717, 1.165) is 11.5 Å². The molecule has 8 heavy (non-hydrogen) atoms. The van der Waals surface area contributed by atoms with Gasteiger partial charge in [-0.05, 0) is 25.1 Å². The van der Waals surface area contributed by atoms with Gasteiger partial charge in [-0.2, -0.15) is 0 Å². The Balaban J connectivity index is 3.00. The Morgan fingerprint density at radius 3 is 2.62 bits per heavy atom. The molecule has 0 aliphatic rings. The van der Waals surface area contributed by atoms with E-state index in [9.17, 15) is 0 Å². The number of furan rings is 1. The van der Waals surface area contributed by atoms with Gasteiger partial charge in [0.2, 0.25) is 0 Å². The van der Waals surface area contributed by atoms with E-state index < -0.39 is 0 Å². The van der Waals surface area contributed by atoms with Crippen LogP contribution in [0, 0.1) is 13.5 Å². The molecule has 0 saturated carbocycles. The molecule has 1 aromatic rings. The summed E-state index contributed by atoms with van der Waals surface area (Å²) in [6.07, 6.45) is 1.44. The molecule has 1 nitrogen and oxygen atoms in total. The second-order valence-electron chi connectivity index (χ2n) is 1.62. The second-order valence-corrected chi connectivity index (χ2v) is 1.62. The fraction of sp³-hybridized carbons (Fsp3) is 0.143. The van der Waals surface area contributed by atoms with Crippen LogP contribution in [0.3, 0.4) is 0 Å². The summed E-state index contributed by atoms with van der Waals surface area (Å²) in [7, 11) is 0. The quantitative estimate of drug-likeness (QED) is 0.535. The van der Waals surface area contributed by atoms with Crippen LogP contribution in [0.25, 0.3) is 6.08 Å². The molecule has 41 valence electrons.